The lowest BCUT2D eigenvalue weighted by molar-refractivity contribution is -0.144. The molecule has 1 aliphatic carbocycles. The van der Waals surface area contributed by atoms with Crippen LogP contribution < -0.4 is 0 Å². The van der Waals surface area contributed by atoms with Crippen molar-refractivity contribution in [2.24, 2.45) is 5.41 Å². The van der Waals surface area contributed by atoms with Gasteiger partial charge in [-0.25, -0.2) is 0 Å². The van der Waals surface area contributed by atoms with Crippen LogP contribution in [0.3, 0.4) is 0 Å². The van der Waals surface area contributed by atoms with Gasteiger partial charge in [-0.15, -0.1) is 0 Å². The Hall–Kier alpha value is -0.570. The molecule has 0 radical (unpaired) electrons. The van der Waals surface area contributed by atoms with Crippen molar-refractivity contribution in [2.45, 2.75) is 44.9 Å². The third kappa shape index (κ3) is 3.82. The van der Waals surface area contributed by atoms with E-state index in [2.05, 4.69) is 4.74 Å². The molecular weight excluding hydrogens is 216 g/mol. The average molecular weight is 233 g/mol. The Balaban J connectivity index is 2.65. The van der Waals surface area contributed by atoms with Crippen molar-refractivity contribution in [3.05, 3.63) is 0 Å². The zero-order valence-corrected chi connectivity index (χ0v) is 9.81. The standard InChI is InChI=1S/C11H17ClO3/c1-15-10(14)8-11(7-9(12)13)5-3-2-4-6-11/h2-8H2,1H3. The number of hydrogen-bond donors (Lipinski definition) is 0. The van der Waals surface area contributed by atoms with Crippen molar-refractivity contribution in [2.75, 3.05) is 7.11 Å². The number of rotatable bonds is 4. The van der Waals surface area contributed by atoms with Gasteiger partial charge in [-0.1, -0.05) is 19.3 Å². The molecule has 1 fully saturated rings. The summed E-state index contributed by atoms with van der Waals surface area (Å²) in [5.74, 6) is -0.241. The van der Waals surface area contributed by atoms with Crippen LogP contribution in [0.25, 0.3) is 0 Å². The van der Waals surface area contributed by atoms with Gasteiger partial charge in [-0.05, 0) is 29.9 Å². The van der Waals surface area contributed by atoms with Crippen LogP contribution in [-0.4, -0.2) is 18.3 Å². The monoisotopic (exact) mass is 232 g/mol. The second kappa shape index (κ2) is 5.50. The number of carbonyl (C=O) groups is 2. The highest BCUT2D eigenvalue weighted by molar-refractivity contribution is 6.63. The largest absolute Gasteiger partial charge is 0.469 e. The zero-order valence-electron chi connectivity index (χ0n) is 9.05. The van der Waals surface area contributed by atoms with E-state index in [-0.39, 0.29) is 16.6 Å². The summed E-state index contributed by atoms with van der Waals surface area (Å²) in [6.45, 7) is 0. The van der Waals surface area contributed by atoms with E-state index in [9.17, 15) is 9.59 Å². The van der Waals surface area contributed by atoms with Gasteiger partial charge in [0.25, 0.3) is 0 Å². The molecule has 0 amide bonds. The summed E-state index contributed by atoms with van der Waals surface area (Å²) in [7, 11) is 1.38. The van der Waals surface area contributed by atoms with Crippen LogP contribution in [0.5, 0.6) is 0 Å². The summed E-state index contributed by atoms with van der Waals surface area (Å²) in [6.07, 6.45) is 5.74. The Labute approximate surface area is 95.1 Å². The van der Waals surface area contributed by atoms with E-state index in [0.29, 0.717) is 12.8 Å². The van der Waals surface area contributed by atoms with E-state index in [1.807, 2.05) is 0 Å². The molecule has 1 aliphatic rings. The summed E-state index contributed by atoms with van der Waals surface area (Å²) in [5, 5.41) is -0.346. The number of hydrogen-bond acceptors (Lipinski definition) is 3. The molecule has 0 atom stereocenters. The smallest absolute Gasteiger partial charge is 0.306 e. The van der Waals surface area contributed by atoms with Gasteiger partial charge < -0.3 is 4.74 Å². The number of esters is 1. The van der Waals surface area contributed by atoms with Gasteiger partial charge in [0.1, 0.15) is 0 Å². The predicted molar refractivity (Wildman–Crippen MR) is 57.6 cm³/mol. The van der Waals surface area contributed by atoms with Gasteiger partial charge in [0, 0.05) is 6.42 Å². The second-order valence-corrected chi connectivity index (χ2v) is 4.77. The lowest BCUT2D eigenvalue weighted by Crippen LogP contribution is -2.29. The molecule has 0 spiro atoms. The molecule has 1 saturated carbocycles. The van der Waals surface area contributed by atoms with Crippen LogP contribution in [0.1, 0.15) is 44.9 Å². The Morgan fingerprint density at radius 1 is 1.20 bits per heavy atom. The third-order valence-electron chi connectivity index (χ3n) is 3.18. The first-order valence-electron chi connectivity index (χ1n) is 5.33. The van der Waals surface area contributed by atoms with Crippen LogP contribution in [0, 0.1) is 5.41 Å². The highest BCUT2D eigenvalue weighted by Gasteiger charge is 2.36. The maximum absolute atomic E-state index is 11.3. The summed E-state index contributed by atoms with van der Waals surface area (Å²) in [6, 6.07) is 0. The molecule has 0 N–H and O–H groups in total. The first-order valence-corrected chi connectivity index (χ1v) is 5.71. The van der Waals surface area contributed by atoms with E-state index < -0.39 is 0 Å². The van der Waals surface area contributed by atoms with Crippen molar-refractivity contribution < 1.29 is 14.3 Å². The summed E-state index contributed by atoms with van der Waals surface area (Å²) >= 11 is 5.44. The molecule has 0 aromatic rings. The SMILES string of the molecule is COC(=O)CC1(CC(=O)Cl)CCCCC1. The third-order valence-corrected chi connectivity index (χ3v) is 3.31. The van der Waals surface area contributed by atoms with E-state index in [0.717, 1.165) is 25.7 Å². The Bertz CT molecular complexity index is 244. The number of carbonyl (C=O) groups excluding carboxylic acids is 2. The zero-order chi connectivity index (χ0) is 11.3. The van der Waals surface area contributed by atoms with Crippen molar-refractivity contribution in [1.29, 1.82) is 0 Å². The predicted octanol–water partition coefficient (Wildman–Crippen LogP) is 2.66. The fourth-order valence-electron chi connectivity index (χ4n) is 2.39. The minimum atomic E-state index is -0.346. The highest BCUT2D eigenvalue weighted by atomic mass is 35.5. The van der Waals surface area contributed by atoms with Crippen molar-refractivity contribution in [3.63, 3.8) is 0 Å². The maximum Gasteiger partial charge on any atom is 0.306 e. The molecule has 0 heterocycles. The minimum Gasteiger partial charge on any atom is -0.469 e. The minimum absolute atomic E-state index is 0.232. The number of ether oxygens (including phenoxy) is 1. The van der Waals surface area contributed by atoms with Gasteiger partial charge in [-0.3, -0.25) is 9.59 Å². The summed E-state index contributed by atoms with van der Waals surface area (Å²) in [5.41, 5.74) is -0.232. The lowest BCUT2D eigenvalue weighted by atomic mass is 9.70. The second-order valence-electron chi connectivity index (χ2n) is 4.35. The summed E-state index contributed by atoms with van der Waals surface area (Å²) in [4.78, 5) is 22.3. The number of methoxy groups -OCH3 is 1. The highest BCUT2D eigenvalue weighted by Crippen LogP contribution is 2.42. The average Bonchev–Trinajstić information content (AvgIpc) is 2.17. The molecule has 3 nitrogen and oxygen atoms in total. The quantitative estimate of drug-likeness (QED) is 0.553. The molecular formula is C11H17ClO3. The maximum atomic E-state index is 11.3. The first kappa shape index (κ1) is 12.5. The fraction of sp³-hybridized carbons (Fsp3) is 0.818. The van der Waals surface area contributed by atoms with E-state index >= 15 is 0 Å². The van der Waals surface area contributed by atoms with Gasteiger partial charge in [0.15, 0.2) is 0 Å². The molecule has 0 aliphatic heterocycles. The molecule has 4 heteroatoms. The van der Waals surface area contributed by atoms with Crippen LogP contribution in [0.2, 0.25) is 0 Å². The van der Waals surface area contributed by atoms with Gasteiger partial charge in [0.2, 0.25) is 5.24 Å². The first-order chi connectivity index (χ1) is 7.08. The normalized spacial score (nSPS) is 19.6. The molecule has 0 aromatic heterocycles. The van der Waals surface area contributed by atoms with Gasteiger partial charge >= 0.3 is 5.97 Å². The molecule has 0 saturated heterocycles. The molecule has 0 bridgehead atoms. The fourth-order valence-corrected chi connectivity index (χ4v) is 2.67. The molecule has 15 heavy (non-hydrogen) atoms. The molecule has 86 valence electrons. The van der Waals surface area contributed by atoms with E-state index in [4.69, 9.17) is 11.6 Å². The van der Waals surface area contributed by atoms with Crippen LogP contribution in [0.4, 0.5) is 0 Å². The Morgan fingerprint density at radius 2 is 1.80 bits per heavy atom. The van der Waals surface area contributed by atoms with Gasteiger partial charge in [0.05, 0.1) is 13.5 Å². The molecule has 0 unspecified atom stereocenters. The molecule has 0 aromatic carbocycles. The molecule has 1 rings (SSSR count). The van der Waals surface area contributed by atoms with Gasteiger partial charge in [-0.2, -0.15) is 0 Å². The van der Waals surface area contributed by atoms with Crippen molar-refractivity contribution in [1.82, 2.24) is 0 Å². The van der Waals surface area contributed by atoms with Crippen LogP contribution in [0.15, 0.2) is 0 Å². The van der Waals surface area contributed by atoms with Crippen molar-refractivity contribution >= 4 is 22.8 Å². The van der Waals surface area contributed by atoms with Crippen molar-refractivity contribution in [3.8, 4) is 0 Å². The van der Waals surface area contributed by atoms with E-state index in [1.54, 1.807) is 0 Å². The Kier molecular flexibility index (Phi) is 4.58. The lowest BCUT2D eigenvalue weighted by Gasteiger charge is -2.35. The topological polar surface area (TPSA) is 43.4 Å². The Morgan fingerprint density at radius 3 is 2.27 bits per heavy atom. The number of halogens is 1. The van der Waals surface area contributed by atoms with Crippen LogP contribution in [-0.2, 0) is 14.3 Å². The summed E-state index contributed by atoms with van der Waals surface area (Å²) < 4.78 is 4.67. The van der Waals surface area contributed by atoms with Crippen LogP contribution >= 0.6 is 11.6 Å². The van der Waals surface area contributed by atoms with E-state index in [1.165, 1.54) is 13.5 Å².